The first-order valence-corrected chi connectivity index (χ1v) is 5.15. The van der Waals surface area contributed by atoms with Crippen LogP contribution >= 0.6 is 0 Å². The van der Waals surface area contributed by atoms with Gasteiger partial charge < -0.3 is 10.1 Å². The molecule has 3 nitrogen and oxygen atoms in total. The molecule has 4 heteroatoms. The monoisotopic (exact) mass is 220 g/mol. The van der Waals surface area contributed by atoms with E-state index in [0.717, 1.165) is 11.2 Å². The van der Waals surface area contributed by atoms with Gasteiger partial charge in [0.05, 0.1) is 12.1 Å². The second-order valence-electron chi connectivity index (χ2n) is 3.35. The molecule has 16 heavy (non-hydrogen) atoms. The van der Waals surface area contributed by atoms with Crippen LogP contribution in [0.2, 0.25) is 0 Å². The molecule has 0 radical (unpaired) electrons. The average Bonchev–Trinajstić information content (AvgIpc) is 2.30. The van der Waals surface area contributed by atoms with Gasteiger partial charge in [0.25, 0.3) is 0 Å². The molecule has 1 N–H and O–H groups in total. The zero-order valence-electron chi connectivity index (χ0n) is 9.25. The Kier molecular flexibility index (Phi) is 2.90. The van der Waals surface area contributed by atoms with E-state index in [2.05, 4.69) is 10.3 Å². The first-order valence-electron chi connectivity index (χ1n) is 5.15. The van der Waals surface area contributed by atoms with Crippen molar-refractivity contribution >= 4 is 16.7 Å². The Morgan fingerprint density at radius 2 is 2.19 bits per heavy atom. The fourth-order valence-corrected chi connectivity index (χ4v) is 1.53. The van der Waals surface area contributed by atoms with Crippen molar-refractivity contribution in [3.05, 3.63) is 30.1 Å². The Morgan fingerprint density at radius 3 is 2.88 bits per heavy atom. The summed E-state index contributed by atoms with van der Waals surface area (Å²) in [4.78, 5) is 4.25. The van der Waals surface area contributed by atoms with Gasteiger partial charge in [0.1, 0.15) is 5.82 Å². The molecule has 0 saturated carbocycles. The van der Waals surface area contributed by atoms with Crippen molar-refractivity contribution in [3.63, 3.8) is 0 Å². The van der Waals surface area contributed by atoms with Crippen LogP contribution in [0.5, 0.6) is 5.75 Å². The molecule has 1 aromatic carbocycles. The number of hydrogen-bond acceptors (Lipinski definition) is 3. The maximum atomic E-state index is 13.6. The highest BCUT2D eigenvalue weighted by Gasteiger charge is 2.06. The van der Waals surface area contributed by atoms with Crippen molar-refractivity contribution in [1.82, 2.24) is 4.98 Å². The molecular formula is C12H13FN2O. The minimum Gasteiger partial charge on any atom is -0.491 e. The fraction of sp³-hybridized carbons (Fsp3) is 0.250. The number of ether oxygens (including phenoxy) is 1. The summed E-state index contributed by atoms with van der Waals surface area (Å²) in [5, 5.41) is 3.78. The number of nitrogens with zero attached hydrogens (tertiary/aromatic N) is 1. The molecule has 0 unspecified atom stereocenters. The van der Waals surface area contributed by atoms with Gasteiger partial charge in [0.2, 0.25) is 0 Å². The molecule has 0 atom stereocenters. The Hall–Kier alpha value is -1.84. The third kappa shape index (κ3) is 1.91. The lowest BCUT2D eigenvalue weighted by Gasteiger charge is -2.07. The average molecular weight is 220 g/mol. The van der Waals surface area contributed by atoms with Crippen molar-refractivity contribution in [2.75, 3.05) is 19.0 Å². The van der Waals surface area contributed by atoms with E-state index in [1.54, 1.807) is 13.1 Å². The van der Waals surface area contributed by atoms with Crippen LogP contribution in [-0.2, 0) is 0 Å². The SMILES string of the molecule is CCOc1cc2ccc(NC)nc2cc1F. The Balaban J connectivity index is 2.55. The number of pyridine rings is 1. The van der Waals surface area contributed by atoms with E-state index in [1.807, 2.05) is 19.1 Å². The van der Waals surface area contributed by atoms with Gasteiger partial charge in [0.15, 0.2) is 11.6 Å². The standard InChI is InChI=1S/C12H13FN2O/c1-3-16-11-6-8-4-5-12(14-2)15-10(8)7-9(11)13/h4-7H,3H2,1-2H3,(H,14,15). The largest absolute Gasteiger partial charge is 0.491 e. The van der Waals surface area contributed by atoms with E-state index in [9.17, 15) is 4.39 Å². The quantitative estimate of drug-likeness (QED) is 0.863. The fourth-order valence-electron chi connectivity index (χ4n) is 1.53. The van der Waals surface area contributed by atoms with Crippen LogP contribution in [0.1, 0.15) is 6.92 Å². The molecule has 1 heterocycles. The Labute approximate surface area is 93.3 Å². The Morgan fingerprint density at radius 1 is 1.38 bits per heavy atom. The number of rotatable bonds is 3. The molecule has 0 bridgehead atoms. The van der Waals surface area contributed by atoms with Crippen LogP contribution in [0.15, 0.2) is 24.3 Å². The summed E-state index contributed by atoms with van der Waals surface area (Å²) in [6, 6.07) is 6.79. The van der Waals surface area contributed by atoms with E-state index in [4.69, 9.17) is 4.74 Å². The first kappa shape index (κ1) is 10.7. The van der Waals surface area contributed by atoms with Crippen molar-refractivity contribution in [2.45, 2.75) is 6.92 Å². The maximum absolute atomic E-state index is 13.6. The van der Waals surface area contributed by atoms with Crippen LogP contribution < -0.4 is 10.1 Å². The predicted octanol–water partition coefficient (Wildman–Crippen LogP) is 2.81. The minimum absolute atomic E-state index is 0.272. The summed E-state index contributed by atoms with van der Waals surface area (Å²) in [5.74, 6) is 0.611. The summed E-state index contributed by atoms with van der Waals surface area (Å²) in [6.45, 7) is 2.27. The van der Waals surface area contributed by atoms with Crippen LogP contribution in [-0.4, -0.2) is 18.6 Å². The lowest BCUT2D eigenvalue weighted by molar-refractivity contribution is 0.322. The number of aromatic nitrogens is 1. The van der Waals surface area contributed by atoms with Crippen LogP contribution in [0.4, 0.5) is 10.2 Å². The van der Waals surface area contributed by atoms with Gasteiger partial charge in [-0.05, 0) is 25.1 Å². The van der Waals surface area contributed by atoms with Crippen molar-refractivity contribution in [1.29, 1.82) is 0 Å². The van der Waals surface area contributed by atoms with Gasteiger partial charge in [0, 0.05) is 18.5 Å². The molecule has 0 spiro atoms. The number of nitrogens with one attached hydrogen (secondary N) is 1. The van der Waals surface area contributed by atoms with Gasteiger partial charge in [-0.15, -0.1) is 0 Å². The summed E-state index contributed by atoms with van der Waals surface area (Å²) in [5.41, 5.74) is 0.618. The predicted molar refractivity (Wildman–Crippen MR) is 62.4 cm³/mol. The normalized spacial score (nSPS) is 10.4. The lowest BCUT2D eigenvalue weighted by Crippen LogP contribution is -1.96. The second kappa shape index (κ2) is 4.35. The van der Waals surface area contributed by atoms with Gasteiger partial charge in [-0.1, -0.05) is 0 Å². The summed E-state index contributed by atoms with van der Waals surface area (Å²) >= 11 is 0. The molecule has 0 aliphatic heterocycles. The molecule has 2 rings (SSSR count). The molecule has 0 amide bonds. The molecule has 1 aromatic heterocycles. The molecular weight excluding hydrogens is 207 g/mol. The van der Waals surface area contributed by atoms with Gasteiger partial charge in [-0.25, -0.2) is 9.37 Å². The third-order valence-corrected chi connectivity index (χ3v) is 2.30. The molecule has 0 aliphatic rings. The third-order valence-electron chi connectivity index (χ3n) is 2.30. The molecule has 0 aliphatic carbocycles. The molecule has 2 aromatic rings. The first-order chi connectivity index (χ1) is 7.74. The smallest absolute Gasteiger partial charge is 0.167 e. The number of benzene rings is 1. The zero-order valence-corrected chi connectivity index (χ0v) is 9.25. The lowest BCUT2D eigenvalue weighted by atomic mass is 10.2. The molecule has 84 valence electrons. The topological polar surface area (TPSA) is 34.1 Å². The van der Waals surface area contributed by atoms with E-state index < -0.39 is 0 Å². The van der Waals surface area contributed by atoms with Gasteiger partial charge in [-0.2, -0.15) is 0 Å². The minimum atomic E-state index is -0.380. The van der Waals surface area contributed by atoms with Crippen LogP contribution in [0.25, 0.3) is 10.9 Å². The Bertz CT molecular complexity index is 514. The van der Waals surface area contributed by atoms with Crippen LogP contribution in [0.3, 0.4) is 0 Å². The highest BCUT2D eigenvalue weighted by molar-refractivity contribution is 5.81. The second-order valence-corrected chi connectivity index (χ2v) is 3.35. The summed E-state index contributed by atoms with van der Waals surface area (Å²) < 4.78 is 18.7. The van der Waals surface area contributed by atoms with Gasteiger partial charge >= 0.3 is 0 Å². The highest BCUT2D eigenvalue weighted by Crippen LogP contribution is 2.24. The number of halogens is 1. The van der Waals surface area contributed by atoms with Gasteiger partial charge in [-0.3, -0.25) is 0 Å². The number of hydrogen-bond donors (Lipinski definition) is 1. The number of anilines is 1. The summed E-state index contributed by atoms with van der Waals surface area (Å²) in [6.07, 6.45) is 0. The molecule has 0 saturated heterocycles. The van der Waals surface area contributed by atoms with E-state index in [1.165, 1.54) is 6.07 Å². The molecule has 0 fully saturated rings. The van der Waals surface area contributed by atoms with Crippen molar-refractivity contribution in [2.24, 2.45) is 0 Å². The van der Waals surface area contributed by atoms with E-state index in [0.29, 0.717) is 12.1 Å². The number of fused-ring (bicyclic) bond motifs is 1. The zero-order chi connectivity index (χ0) is 11.5. The summed E-state index contributed by atoms with van der Waals surface area (Å²) in [7, 11) is 1.78. The highest BCUT2D eigenvalue weighted by atomic mass is 19.1. The van der Waals surface area contributed by atoms with Crippen molar-refractivity contribution in [3.8, 4) is 5.75 Å². The van der Waals surface area contributed by atoms with Crippen LogP contribution in [0, 0.1) is 5.82 Å². The maximum Gasteiger partial charge on any atom is 0.167 e. The van der Waals surface area contributed by atoms with Crippen molar-refractivity contribution < 1.29 is 9.13 Å². The van der Waals surface area contributed by atoms with E-state index >= 15 is 0 Å². The van der Waals surface area contributed by atoms with E-state index in [-0.39, 0.29) is 11.6 Å².